The first-order valence-electron chi connectivity index (χ1n) is 5.82. The number of halogens is 1. The van der Waals surface area contributed by atoms with Gasteiger partial charge in [0.15, 0.2) is 0 Å². The molecule has 0 saturated carbocycles. The number of hydrogen-bond donors (Lipinski definition) is 1. The molecule has 1 heterocycles. The van der Waals surface area contributed by atoms with Gasteiger partial charge in [0.1, 0.15) is 11.6 Å². The molecule has 2 atom stereocenters. The topological polar surface area (TPSA) is 39.2 Å². The van der Waals surface area contributed by atoms with Crippen molar-refractivity contribution in [2.24, 2.45) is 5.73 Å². The zero-order valence-corrected chi connectivity index (χ0v) is 11.0. The Morgan fingerprint density at radius 1 is 1.28 bits per heavy atom. The van der Waals surface area contributed by atoms with E-state index < -0.39 is 0 Å². The van der Waals surface area contributed by atoms with Gasteiger partial charge in [-0.1, -0.05) is 19.1 Å². The smallest absolute Gasteiger partial charge is 0.123 e. The van der Waals surface area contributed by atoms with E-state index in [0.717, 1.165) is 17.1 Å². The van der Waals surface area contributed by atoms with Crippen molar-refractivity contribution >= 4 is 11.8 Å². The highest BCUT2D eigenvalue weighted by atomic mass is 32.2. The number of rotatable bonds is 5. The van der Waals surface area contributed by atoms with Crippen LogP contribution in [0.25, 0.3) is 0 Å². The fraction of sp³-hybridized carbons (Fsp3) is 0.286. The summed E-state index contributed by atoms with van der Waals surface area (Å²) in [4.78, 5) is 0. The Labute approximate surface area is 110 Å². The summed E-state index contributed by atoms with van der Waals surface area (Å²) in [6.45, 7) is 2.07. The van der Waals surface area contributed by atoms with Gasteiger partial charge in [-0.2, -0.15) is 0 Å². The Bertz CT molecular complexity index is 469. The summed E-state index contributed by atoms with van der Waals surface area (Å²) >= 11 is 1.73. The molecule has 0 radical (unpaired) electrons. The lowest BCUT2D eigenvalue weighted by Gasteiger charge is -2.19. The molecule has 96 valence electrons. The van der Waals surface area contributed by atoms with Crippen molar-refractivity contribution in [2.75, 3.05) is 0 Å². The number of furan rings is 1. The number of hydrogen-bond acceptors (Lipinski definition) is 3. The van der Waals surface area contributed by atoms with Crippen LogP contribution in [0.4, 0.5) is 4.39 Å². The monoisotopic (exact) mass is 265 g/mol. The highest BCUT2D eigenvalue weighted by Gasteiger charge is 2.15. The van der Waals surface area contributed by atoms with Crippen LogP contribution in [0, 0.1) is 5.82 Å². The molecule has 0 aliphatic carbocycles. The van der Waals surface area contributed by atoms with E-state index in [4.69, 9.17) is 10.2 Å². The Balaban J connectivity index is 1.91. The molecule has 0 bridgehead atoms. The fourth-order valence-corrected chi connectivity index (χ4v) is 2.62. The molecule has 1 aromatic heterocycles. The van der Waals surface area contributed by atoms with Gasteiger partial charge < -0.3 is 10.2 Å². The van der Waals surface area contributed by atoms with E-state index in [1.165, 1.54) is 12.1 Å². The van der Waals surface area contributed by atoms with Crippen molar-refractivity contribution < 1.29 is 8.81 Å². The van der Waals surface area contributed by atoms with Crippen LogP contribution < -0.4 is 5.73 Å². The molecule has 2 aromatic rings. The number of nitrogens with two attached hydrogens (primary N) is 1. The Morgan fingerprint density at radius 3 is 2.61 bits per heavy atom. The van der Waals surface area contributed by atoms with Crippen molar-refractivity contribution in [3.8, 4) is 0 Å². The Morgan fingerprint density at radius 2 is 2.00 bits per heavy atom. The largest absolute Gasteiger partial charge is 0.468 e. The minimum Gasteiger partial charge on any atom is -0.468 e. The van der Waals surface area contributed by atoms with Gasteiger partial charge >= 0.3 is 0 Å². The summed E-state index contributed by atoms with van der Waals surface area (Å²) in [6.07, 6.45) is 1.67. The van der Waals surface area contributed by atoms with Gasteiger partial charge in [0, 0.05) is 11.3 Å². The van der Waals surface area contributed by atoms with Crippen molar-refractivity contribution in [1.29, 1.82) is 0 Å². The second-order valence-corrected chi connectivity index (χ2v) is 5.54. The highest BCUT2D eigenvalue weighted by Crippen LogP contribution is 2.27. The van der Waals surface area contributed by atoms with Crippen LogP contribution >= 0.6 is 11.8 Å². The normalized spacial score (nSPS) is 14.4. The molecule has 2 N–H and O–H groups in total. The van der Waals surface area contributed by atoms with E-state index in [1.54, 1.807) is 30.2 Å². The molecule has 18 heavy (non-hydrogen) atoms. The van der Waals surface area contributed by atoms with Crippen LogP contribution in [-0.2, 0) is 5.75 Å². The third kappa shape index (κ3) is 3.37. The molecular weight excluding hydrogens is 249 g/mol. The maximum absolute atomic E-state index is 12.8. The van der Waals surface area contributed by atoms with Gasteiger partial charge in [0.2, 0.25) is 0 Å². The van der Waals surface area contributed by atoms with E-state index in [9.17, 15) is 4.39 Å². The minimum atomic E-state index is -0.234. The van der Waals surface area contributed by atoms with Gasteiger partial charge in [-0.3, -0.25) is 0 Å². The molecule has 0 spiro atoms. The first-order chi connectivity index (χ1) is 8.66. The predicted molar refractivity (Wildman–Crippen MR) is 72.8 cm³/mol. The molecule has 2 unspecified atom stereocenters. The van der Waals surface area contributed by atoms with E-state index in [-0.39, 0.29) is 17.1 Å². The second-order valence-electron chi connectivity index (χ2n) is 4.17. The third-order valence-electron chi connectivity index (χ3n) is 2.83. The van der Waals surface area contributed by atoms with Crippen LogP contribution in [-0.4, -0.2) is 5.25 Å². The van der Waals surface area contributed by atoms with Crippen LogP contribution in [0.15, 0.2) is 47.1 Å². The lowest BCUT2D eigenvalue weighted by atomic mass is 10.1. The van der Waals surface area contributed by atoms with E-state index in [2.05, 4.69) is 6.92 Å². The van der Waals surface area contributed by atoms with Crippen molar-refractivity contribution in [3.05, 3.63) is 59.8 Å². The van der Waals surface area contributed by atoms with Gasteiger partial charge in [-0.05, 0) is 29.8 Å². The Hall–Kier alpha value is -1.26. The summed E-state index contributed by atoms with van der Waals surface area (Å²) in [5, 5.41) is 0.237. The number of benzene rings is 1. The molecule has 0 saturated heterocycles. The van der Waals surface area contributed by atoms with Gasteiger partial charge in [0.05, 0.1) is 12.0 Å². The summed E-state index contributed by atoms with van der Waals surface area (Å²) in [5.41, 5.74) is 7.11. The molecule has 0 fully saturated rings. The maximum Gasteiger partial charge on any atom is 0.123 e. The standard InChI is InChI=1S/C14H16FNOS/c1-10(18-9-13-3-2-8-17-13)14(16)11-4-6-12(15)7-5-11/h2-8,10,14H,9,16H2,1H3. The second kappa shape index (κ2) is 6.07. The van der Waals surface area contributed by atoms with Crippen LogP contribution in [0.5, 0.6) is 0 Å². The molecule has 0 aliphatic heterocycles. The van der Waals surface area contributed by atoms with Gasteiger partial charge in [-0.25, -0.2) is 4.39 Å². The van der Waals surface area contributed by atoms with E-state index >= 15 is 0 Å². The zero-order chi connectivity index (χ0) is 13.0. The summed E-state index contributed by atoms with van der Waals surface area (Å²) in [5.74, 6) is 1.50. The van der Waals surface area contributed by atoms with E-state index in [1.807, 2.05) is 12.1 Å². The fourth-order valence-electron chi connectivity index (χ4n) is 1.67. The molecule has 2 nitrogen and oxygen atoms in total. The maximum atomic E-state index is 12.8. The lowest BCUT2D eigenvalue weighted by Crippen LogP contribution is -2.21. The third-order valence-corrected chi connectivity index (χ3v) is 4.10. The van der Waals surface area contributed by atoms with Crippen LogP contribution in [0.1, 0.15) is 24.3 Å². The van der Waals surface area contributed by atoms with Crippen LogP contribution in [0.3, 0.4) is 0 Å². The predicted octanol–water partition coefficient (Wildman–Crippen LogP) is 3.74. The number of thioether (sulfide) groups is 1. The molecular formula is C14H16FNOS. The zero-order valence-electron chi connectivity index (χ0n) is 10.2. The van der Waals surface area contributed by atoms with Gasteiger partial charge in [-0.15, -0.1) is 11.8 Å². The van der Waals surface area contributed by atoms with Crippen molar-refractivity contribution in [3.63, 3.8) is 0 Å². The highest BCUT2D eigenvalue weighted by molar-refractivity contribution is 7.99. The molecule has 2 rings (SSSR count). The quantitative estimate of drug-likeness (QED) is 0.895. The lowest BCUT2D eigenvalue weighted by molar-refractivity contribution is 0.530. The molecule has 0 amide bonds. The van der Waals surface area contributed by atoms with Gasteiger partial charge in [0.25, 0.3) is 0 Å². The minimum absolute atomic E-state index is 0.106. The van der Waals surface area contributed by atoms with Crippen molar-refractivity contribution in [1.82, 2.24) is 0 Å². The van der Waals surface area contributed by atoms with Crippen LogP contribution in [0.2, 0.25) is 0 Å². The van der Waals surface area contributed by atoms with Crippen molar-refractivity contribution in [2.45, 2.75) is 24.0 Å². The SMILES string of the molecule is CC(SCc1ccco1)C(N)c1ccc(F)cc1. The first kappa shape index (κ1) is 13.2. The molecule has 4 heteroatoms. The molecule has 1 aromatic carbocycles. The first-order valence-corrected chi connectivity index (χ1v) is 6.86. The summed E-state index contributed by atoms with van der Waals surface area (Å²) in [6, 6.07) is 10.1. The summed E-state index contributed by atoms with van der Waals surface area (Å²) in [7, 11) is 0. The Kier molecular flexibility index (Phi) is 4.44. The average Bonchev–Trinajstić information content (AvgIpc) is 2.89. The summed E-state index contributed by atoms with van der Waals surface area (Å²) < 4.78 is 18.1. The molecule has 0 aliphatic rings. The van der Waals surface area contributed by atoms with E-state index in [0.29, 0.717) is 0 Å². The average molecular weight is 265 g/mol.